The molecule has 0 saturated heterocycles. The SMILES string of the molecule is Cc1cc(NC2CCC3(CCCC3)CC2)ccc1Br. The first-order valence-electron chi connectivity index (χ1n) is 7.70. The third-order valence-corrected chi connectivity index (χ3v) is 6.13. The maximum absolute atomic E-state index is 3.73. The van der Waals surface area contributed by atoms with Crippen molar-refractivity contribution in [2.45, 2.75) is 64.3 Å². The molecule has 1 spiro atoms. The number of nitrogens with one attached hydrogen (secondary N) is 1. The van der Waals surface area contributed by atoms with Crippen molar-refractivity contribution in [1.82, 2.24) is 0 Å². The van der Waals surface area contributed by atoms with E-state index in [0.717, 1.165) is 5.41 Å². The third kappa shape index (κ3) is 2.99. The molecule has 0 amide bonds. The summed E-state index contributed by atoms with van der Waals surface area (Å²) in [6.07, 6.45) is 11.5. The van der Waals surface area contributed by atoms with Gasteiger partial charge in [0, 0.05) is 16.2 Å². The lowest BCUT2D eigenvalue weighted by Gasteiger charge is -2.38. The maximum Gasteiger partial charge on any atom is 0.0345 e. The fourth-order valence-electron chi connectivity index (χ4n) is 3.97. The molecule has 2 aliphatic rings. The highest BCUT2D eigenvalue weighted by Crippen LogP contribution is 2.49. The molecule has 2 saturated carbocycles. The van der Waals surface area contributed by atoms with Gasteiger partial charge in [-0.15, -0.1) is 0 Å². The van der Waals surface area contributed by atoms with E-state index in [1.165, 1.54) is 67.1 Å². The van der Waals surface area contributed by atoms with E-state index in [1.807, 2.05) is 0 Å². The summed E-state index contributed by atoms with van der Waals surface area (Å²) >= 11 is 3.57. The molecule has 0 heterocycles. The Hall–Kier alpha value is -0.500. The van der Waals surface area contributed by atoms with E-state index >= 15 is 0 Å². The Kier molecular flexibility index (Phi) is 3.88. The highest BCUT2D eigenvalue weighted by molar-refractivity contribution is 9.10. The molecular weight excluding hydrogens is 298 g/mol. The van der Waals surface area contributed by atoms with Gasteiger partial charge in [-0.3, -0.25) is 0 Å². The summed E-state index contributed by atoms with van der Waals surface area (Å²) in [6.45, 7) is 2.16. The van der Waals surface area contributed by atoms with Crippen molar-refractivity contribution in [2.24, 2.45) is 5.41 Å². The van der Waals surface area contributed by atoms with Crippen LogP contribution in [0.1, 0.15) is 56.9 Å². The average Bonchev–Trinajstić information content (AvgIpc) is 2.86. The minimum atomic E-state index is 0.687. The van der Waals surface area contributed by atoms with Gasteiger partial charge in [0.1, 0.15) is 0 Å². The van der Waals surface area contributed by atoms with Gasteiger partial charge in [0.15, 0.2) is 0 Å². The van der Waals surface area contributed by atoms with Crippen LogP contribution in [0.2, 0.25) is 0 Å². The van der Waals surface area contributed by atoms with E-state index in [2.05, 4.69) is 46.4 Å². The summed E-state index contributed by atoms with van der Waals surface area (Å²) in [5, 5.41) is 3.73. The summed E-state index contributed by atoms with van der Waals surface area (Å²) in [4.78, 5) is 0. The predicted octanol–water partition coefficient (Wildman–Crippen LogP) is 5.67. The van der Waals surface area contributed by atoms with Crippen molar-refractivity contribution in [3.63, 3.8) is 0 Å². The van der Waals surface area contributed by atoms with Crippen molar-refractivity contribution in [3.8, 4) is 0 Å². The van der Waals surface area contributed by atoms with Gasteiger partial charge in [-0.2, -0.15) is 0 Å². The Labute approximate surface area is 125 Å². The van der Waals surface area contributed by atoms with E-state index in [4.69, 9.17) is 0 Å². The van der Waals surface area contributed by atoms with Crippen LogP contribution in [0, 0.1) is 12.3 Å². The predicted molar refractivity (Wildman–Crippen MR) is 85.7 cm³/mol. The van der Waals surface area contributed by atoms with Gasteiger partial charge < -0.3 is 5.32 Å². The standard InChI is InChI=1S/C17H24BrN/c1-13-12-15(4-5-16(13)18)19-14-6-10-17(11-7-14)8-2-3-9-17/h4-5,12,14,19H,2-3,6-11H2,1H3. The van der Waals surface area contributed by atoms with Gasteiger partial charge >= 0.3 is 0 Å². The second-order valence-corrected chi connectivity index (χ2v) is 7.44. The Bertz CT molecular complexity index is 439. The minimum absolute atomic E-state index is 0.687. The largest absolute Gasteiger partial charge is 0.382 e. The molecular formula is C17H24BrN. The molecule has 104 valence electrons. The quantitative estimate of drug-likeness (QED) is 0.739. The number of anilines is 1. The summed E-state index contributed by atoms with van der Waals surface area (Å²) in [5.74, 6) is 0. The number of hydrogen-bond acceptors (Lipinski definition) is 1. The second-order valence-electron chi connectivity index (χ2n) is 6.59. The first-order chi connectivity index (χ1) is 9.17. The fraction of sp³-hybridized carbons (Fsp3) is 0.647. The van der Waals surface area contributed by atoms with Crippen molar-refractivity contribution in [3.05, 3.63) is 28.2 Å². The number of aryl methyl sites for hydroxylation is 1. The molecule has 19 heavy (non-hydrogen) atoms. The molecule has 0 unspecified atom stereocenters. The molecule has 2 fully saturated rings. The van der Waals surface area contributed by atoms with Crippen LogP contribution < -0.4 is 5.32 Å². The number of halogens is 1. The average molecular weight is 322 g/mol. The van der Waals surface area contributed by atoms with Crippen LogP contribution >= 0.6 is 15.9 Å². The van der Waals surface area contributed by atoms with Crippen LogP contribution in [0.5, 0.6) is 0 Å². The zero-order valence-corrected chi connectivity index (χ0v) is 13.4. The van der Waals surface area contributed by atoms with Gasteiger partial charge in [-0.1, -0.05) is 28.8 Å². The molecule has 0 aromatic heterocycles. The smallest absolute Gasteiger partial charge is 0.0345 e. The third-order valence-electron chi connectivity index (χ3n) is 5.24. The Morgan fingerprint density at radius 3 is 2.42 bits per heavy atom. The van der Waals surface area contributed by atoms with Crippen LogP contribution in [-0.4, -0.2) is 6.04 Å². The van der Waals surface area contributed by atoms with Gasteiger partial charge in [-0.25, -0.2) is 0 Å². The molecule has 1 nitrogen and oxygen atoms in total. The maximum atomic E-state index is 3.73. The molecule has 0 radical (unpaired) electrons. The van der Waals surface area contributed by atoms with Gasteiger partial charge in [0.25, 0.3) is 0 Å². The monoisotopic (exact) mass is 321 g/mol. The van der Waals surface area contributed by atoms with Crippen LogP contribution in [0.15, 0.2) is 22.7 Å². The lowest BCUT2D eigenvalue weighted by Crippen LogP contribution is -2.31. The topological polar surface area (TPSA) is 12.0 Å². The molecule has 0 bridgehead atoms. The molecule has 2 heteroatoms. The molecule has 1 aromatic carbocycles. The second kappa shape index (κ2) is 5.47. The van der Waals surface area contributed by atoms with Gasteiger partial charge in [-0.05, 0) is 74.6 Å². The molecule has 2 aliphatic carbocycles. The first kappa shape index (κ1) is 13.5. The Morgan fingerprint density at radius 1 is 1.11 bits per heavy atom. The van der Waals surface area contributed by atoms with E-state index in [1.54, 1.807) is 0 Å². The van der Waals surface area contributed by atoms with Gasteiger partial charge in [0.05, 0.1) is 0 Å². The Balaban J connectivity index is 1.58. The van der Waals surface area contributed by atoms with Gasteiger partial charge in [0.2, 0.25) is 0 Å². The lowest BCUT2D eigenvalue weighted by atomic mass is 9.71. The lowest BCUT2D eigenvalue weighted by molar-refractivity contribution is 0.188. The van der Waals surface area contributed by atoms with Crippen LogP contribution in [0.3, 0.4) is 0 Å². The van der Waals surface area contributed by atoms with Crippen LogP contribution in [0.4, 0.5) is 5.69 Å². The zero-order valence-electron chi connectivity index (χ0n) is 11.8. The normalized spacial score (nSPS) is 22.8. The number of benzene rings is 1. The number of hydrogen-bond donors (Lipinski definition) is 1. The van der Waals surface area contributed by atoms with Crippen LogP contribution in [-0.2, 0) is 0 Å². The molecule has 1 aromatic rings. The van der Waals surface area contributed by atoms with Crippen molar-refractivity contribution < 1.29 is 0 Å². The molecule has 0 aliphatic heterocycles. The molecule has 1 N–H and O–H groups in total. The summed E-state index contributed by atoms with van der Waals surface area (Å²) in [7, 11) is 0. The van der Waals surface area contributed by atoms with Crippen LogP contribution in [0.25, 0.3) is 0 Å². The van der Waals surface area contributed by atoms with E-state index < -0.39 is 0 Å². The first-order valence-corrected chi connectivity index (χ1v) is 8.49. The van der Waals surface area contributed by atoms with Crippen molar-refractivity contribution in [2.75, 3.05) is 5.32 Å². The fourth-order valence-corrected chi connectivity index (χ4v) is 4.22. The van der Waals surface area contributed by atoms with E-state index in [0.29, 0.717) is 6.04 Å². The van der Waals surface area contributed by atoms with E-state index in [9.17, 15) is 0 Å². The number of rotatable bonds is 2. The zero-order chi connectivity index (χ0) is 13.3. The Morgan fingerprint density at radius 2 is 1.79 bits per heavy atom. The highest BCUT2D eigenvalue weighted by Gasteiger charge is 2.37. The highest BCUT2D eigenvalue weighted by atomic mass is 79.9. The summed E-state index contributed by atoms with van der Waals surface area (Å²) in [6, 6.07) is 7.28. The van der Waals surface area contributed by atoms with Crippen molar-refractivity contribution >= 4 is 21.6 Å². The summed E-state index contributed by atoms with van der Waals surface area (Å²) in [5.41, 5.74) is 3.34. The molecule has 0 atom stereocenters. The summed E-state index contributed by atoms with van der Waals surface area (Å²) < 4.78 is 1.20. The van der Waals surface area contributed by atoms with Crippen molar-refractivity contribution in [1.29, 1.82) is 0 Å². The van der Waals surface area contributed by atoms with E-state index in [-0.39, 0.29) is 0 Å². The molecule has 3 rings (SSSR count). The minimum Gasteiger partial charge on any atom is -0.382 e.